The Morgan fingerprint density at radius 2 is 1.85 bits per heavy atom. The molecule has 9 nitrogen and oxygen atoms in total. The molecule has 1 aromatic heterocycles. The Balaban J connectivity index is 0.000000242. The number of aryl methyl sites for hydroxylation is 1. The number of fused-ring (bicyclic) bond motifs is 2. The average Bonchev–Trinajstić information content (AvgIpc) is 3.36. The van der Waals surface area contributed by atoms with Gasteiger partial charge in [-0.05, 0) is 70.7 Å². The smallest absolute Gasteiger partial charge is 0.410 e. The Morgan fingerprint density at radius 3 is 2.49 bits per heavy atom. The predicted molar refractivity (Wildman–Crippen MR) is 156 cm³/mol. The highest BCUT2D eigenvalue weighted by Gasteiger charge is 2.29. The molecule has 0 saturated carbocycles. The first-order chi connectivity index (χ1) is 18.7. The van der Waals surface area contributed by atoms with E-state index in [0.717, 1.165) is 88.1 Å². The maximum atomic E-state index is 11.4. The number of carbonyl (C=O) groups excluding carboxylic acids is 1. The molecule has 4 aliphatic heterocycles. The summed E-state index contributed by atoms with van der Waals surface area (Å²) in [5.41, 5.74) is 5.52. The van der Waals surface area contributed by atoms with E-state index < -0.39 is 0 Å². The minimum atomic E-state index is -0.361. The van der Waals surface area contributed by atoms with E-state index in [1.165, 1.54) is 16.8 Å². The number of hydrogen-bond donors (Lipinski definition) is 2. The van der Waals surface area contributed by atoms with Gasteiger partial charge in [0.2, 0.25) is 0 Å². The molecule has 3 saturated heterocycles. The number of hydrogen-bond acceptors (Lipinski definition) is 8. The Kier molecular flexibility index (Phi) is 8.19. The molecule has 39 heavy (non-hydrogen) atoms. The van der Waals surface area contributed by atoms with Crippen molar-refractivity contribution in [3.05, 3.63) is 41.1 Å². The lowest BCUT2D eigenvalue weighted by molar-refractivity contribution is 0.0295. The van der Waals surface area contributed by atoms with Crippen molar-refractivity contribution >= 4 is 23.3 Å². The van der Waals surface area contributed by atoms with Crippen LogP contribution < -0.4 is 20.3 Å². The average molecular weight is 540 g/mol. The summed E-state index contributed by atoms with van der Waals surface area (Å²) in [7, 11) is 0. The van der Waals surface area contributed by atoms with Crippen LogP contribution in [0.5, 0.6) is 5.75 Å². The summed E-state index contributed by atoms with van der Waals surface area (Å²) in [6.07, 6.45) is 3.87. The molecule has 0 radical (unpaired) electrons. The molecule has 1 amide bonds. The van der Waals surface area contributed by atoms with Gasteiger partial charge in [0, 0.05) is 58.5 Å². The van der Waals surface area contributed by atoms with Gasteiger partial charge in [-0.15, -0.1) is 0 Å². The Hall–Kier alpha value is -3.04. The molecule has 214 valence electrons. The number of nitrogens with zero attached hydrogens (tertiary/aromatic N) is 3. The van der Waals surface area contributed by atoms with Crippen LogP contribution in [0.2, 0.25) is 0 Å². The zero-order valence-corrected chi connectivity index (χ0v) is 24.0. The van der Waals surface area contributed by atoms with E-state index in [1.807, 2.05) is 27.0 Å². The van der Waals surface area contributed by atoms with Crippen molar-refractivity contribution < 1.29 is 20.4 Å². The van der Waals surface area contributed by atoms with Crippen LogP contribution in [0.1, 0.15) is 70.7 Å². The van der Waals surface area contributed by atoms with Crippen LogP contribution in [0.25, 0.3) is 0 Å². The third kappa shape index (κ3) is 6.41. The van der Waals surface area contributed by atoms with Gasteiger partial charge in [-0.25, -0.2) is 9.78 Å². The van der Waals surface area contributed by atoms with E-state index in [2.05, 4.69) is 52.6 Å². The maximum absolute atomic E-state index is 11.4. The first-order valence-electron chi connectivity index (χ1n) is 14.3. The summed E-state index contributed by atoms with van der Waals surface area (Å²) in [6, 6.07) is 6.60. The first-order valence-corrected chi connectivity index (χ1v) is 14.3. The molecule has 1 aromatic carbocycles. The van der Waals surface area contributed by atoms with Gasteiger partial charge in [0.25, 0.3) is 0 Å². The normalized spacial score (nSPS) is 20.8. The Bertz CT molecular complexity index is 1170. The lowest BCUT2D eigenvalue weighted by Gasteiger charge is -2.31. The van der Waals surface area contributed by atoms with Gasteiger partial charge < -0.3 is 34.6 Å². The molecule has 0 unspecified atom stereocenters. The summed E-state index contributed by atoms with van der Waals surface area (Å²) in [4.78, 5) is 20.2. The Labute approximate surface area is 233 Å². The van der Waals surface area contributed by atoms with E-state index in [0.29, 0.717) is 5.92 Å². The third-order valence-corrected chi connectivity index (χ3v) is 7.58. The number of rotatable bonds is 2. The number of anilines is 3. The SMILES string of the molecule is CC(C)(C)OC(=O)N1CCCC1.Cc1cc(C2CNC2)cc2c1O[C@H](C)c1c(N3CCOCC3)ccnc1N2.[HH]. The summed E-state index contributed by atoms with van der Waals surface area (Å²) in [6.45, 7) is 17.0. The number of aromatic nitrogens is 1. The van der Waals surface area contributed by atoms with Gasteiger partial charge in [0.15, 0.2) is 0 Å². The Morgan fingerprint density at radius 1 is 1.13 bits per heavy atom. The number of nitrogens with one attached hydrogen (secondary N) is 2. The highest BCUT2D eigenvalue weighted by atomic mass is 16.6. The van der Waals surface area contributed by atoms with Crippen molar-refractivity contribution in [1.29, 1.82) is 0 Å². The molecule has 0 spiro atoms. The number of pyridine rings is 1. The topological polar surface area (TPSA) is 88.2 Å². The van der Waals surface area contributed by atoms with E-state index in [9.17, 15) is 4.79 Å². The maximum Gasteiger partial charge on any atom is 0.410 e. The fourth-order valence-electron chi connectivity index (χ4n) is 5.44. The van der Waals surface area contributed by atoms with Gasteiger partial charge in [-0.1, -0.05) is 6.07 Å². The molecule has 2 N–H and O–H groups in total. The second-order valence-corrected chi connectivity index (χ2v) is 11.8. The monoisotopic (exact) mass is 539 g/mol. The fraction of sp³-hybridized carbons (Fsp3) is 0.600. The zero-order valence-electron chi connectivity index (χ0n) is 24.0. The van der Waals surface area contributed by atoms with Crippen LogP contribution in [0.4, 0.5) is 22.0 Å². The quantitative estimate of drug-likeness (QED) is 0.526. The van der Waals surface area contributed by atoms with Crippen molar-refractivity contribution in [3.8, 4) is 5.75 Å². The van der Waals surface area contributed by atoms with Gasteiger partial charge in [-0.2, -0.15) is 0 Å². The molecule has 9 heteroatoms. The molecule has 4 aliphatic rings. The van der Waals surface area contributed by atoms with E-state index in [4.69, 9.17) is 14.2 Å². The molecular formula is C30H45N5O4. The van der Waals surface area contributed by atoms with Crippen LogP contribution in [0.15, 0.2) is 24.4 Å². The van der Waals surface area contributed by atoms with Crippen LogP contribution >= 0.6 is 0 Å². The lowest BCUT2D eigenvalue weighted by atomic mass is 9.92. The number of benzene rings is 1. The first kappa shape index (κ1) is 27.5. The molecule has 0 bridgehead atoms. The van der Waals surface area contributed by atoms with Gasteiger partial charge in [0.05, 0.1) is 24.5 Å². The molecule has 0 aliphatic carbocycles. The minimum absolute atomic E-state index is 0. The molecule has 6 rings (SSSR count). The van der Waals surface area contributed by atoms with Crippen LogP contribution in [0, 0.1) is 6.92 Å². The number of amides is 1. The zero-order chi connectivity index (χ0) is 27.6. The molecule has 5 heterocycles. The van der Waals surface area contributed by atoms with E-state index in [-0.39, 0.29) is 19.2 Å². The summed E-state index contributed by atoms with van der Waals surface area (Å²) in [5, 5.41) is 6.94. The summed E-state index contributed by atoms with van der Waals surface area (Å²) >= 11 is 0. The fourth-order valence-corrected chi connectivity index (χ4v) is 5.44. The number of carbonyl (C=O) groups is 1. The van der Waals surface area contributed by atoms with E-state index >= 15 is 0 Å². The lowest BCUT2D eigenvalue weighted by Crippen LogP contribution is -2.39. The number of ether oxygens (including phenoxy) is 3. The van der Waals surface area contributed by atoms with Crippen molar-refractivity contribution in [2.75, 3.05) is 62.7 Å². The van der Waals surface area contributed by atoms with Gasteiger partial charge in [0.1, 0.15) is 23.3 Å². The van der Waals surface area contributed by atoms with Crippen LogP contribution in [-0.2, 0) is 9.47 Å². The second kappa shape index (κ2) is 11.6. The largest absolute Gasteiger partial charge is 0.483 e. The standard InChI is InChI=1S/C21H26N4O2.C9H17NO2.H2/c1-13-9-15(16-11-22-12-16)10-17-20(13)27-14(2)19-18(3-4-23-21(19)24-17)25-5-7-26-8-6-25;1-9(2,3)12-8(11)10-6-4-5-7-10;/h3-4,9-10,14,16,22H,5-8,11-12H2,1-2H3,(H,23,24);4-7H2,1-3H3;1H/t14-;;/m1../s1. The van der Waals surface area contributed by atoms with Crippen molar-refractivity contribution in [2.24, 2.45) is 0 Å². The van der Waals surface area contributed by atoms with Crippen LogP contribution in [0.3, 0.4) is 0 Å². The van der Waals surface area contributed by atoms with Crippen molar-refractivity contribution in [2.45, 2.75) is 65.1 Å². The summed E-state index contributed by atoms with van der Waals surface area (Å²) < 4.78 is 17.2. The highest BCUT2D eigenvalue weighted by molar-refractivity contribution is 5.75. The highest BCUT2D eigenvalue weighted by Crippen LogP contribution is 2.44. The third-order valence-electron chi connectivity index (χ3n) is 7.58. The van der Waals surface area contributed by atoms with Gasteiger partial charge in [-0.3, -0.25) is 0 Å². The van der Waals surface area contributed by atoms with E-state index in [1.54, 1.807) is 4.90 Å². The predicted octanol–water partition coefficient (Wildman–Crippen LogP) is 5.37. The molecule has 2 aromatic rings. The second-order valence-electron chi connectivity index (χ2n) is 11.8. The summed E-state index contributed by atoms with van der Waals surface area (Å²) in [5.74, 6) is 2.42. The minimum Gasteiger partial charge on any atom is -0.483 e. The van der Waals surface area contributed by atoms with Gasteiger partial charge >= 0.3 is 6.09 Å². The number of morpholine rings is 1. The van der Waals surface area contributed by atoms with Crippen molar-refractivity contribution in [1.82, 2.24) is 15.2 Å². The molecular weight excluding hydrogens is 494 g/mol. The van der Waals surface area contributed by atoms with Crippen LogP contribution in [-0.4, -0.2) is 74.1 Å². The molecule has 3 fully saturated rings. The number of likely N-dealkylation sites (tertiary alicyclic amines) is 1. The van der Waals surface area contributed by atoms with Crippen molar-refractivity contribution in [3.63, 3.8) is 0 Å². The molecule has 1 atom stereocenters.